The first-order valence-corrected chi connectivity index (χ1v) is 18.1. The van der Waals surface area contributed by atoms with Gasteiger partial charge in [-0.2, -0.15) is 0 Å². The van der Waals surface area contributed by atoms with E-state index in [0.29, 0.717) is 5.92 Å². The van der Waals surface area contributed by atoms with Gasteiger partial charge in [0.25, 0.3) is 0 Å². The molecule has 2 unspecified atom stereocenters. The summed E-state index contributed by atoms with van der Waals surface area (Å²) in [5.74, 6) is 0.370. The third-order valence-electron chi connectivity index (χ3n) is 10.1. The SMILES string of the molecule is C/C=C\CC(Nc1ccc(-c2ccc3c(c2)c2cc(C(C)(C)C)ccc2n3-c2ccccc2)cc1)C(CCc1ccccc1)c1ccccc1. The van der Waals surface area contributed by atoms with Crippen molar-refractivity contribution >= 4 is 27.5 Å². The molecule has 0 spiro atoms. The lowest BCUT2D eigenvalue weighted by molar-refractivity contribution is 0.529. The maximum atomic E-state index is 3.97. The molecule has 0 bridgehead atoms. The number of anilines is 1. The molecule has 0 amide bonds. The van der Waals surface area contributed by atoms with E-state index in [0.717, 1.165) is 24.9 Å². The highest BCUT2D eigenvalue weighted by Gasteiger charge is 2.23. The van der Waals surface area contributed by atoms with Crippen LogP contribution < -0.4 is 5.32 Å². The molecule has 0 aliphatic carbocycles. The first kappa shape index (κ1) is 33.2. The molecule has 50 heavy (non-hydrogen) atoms. The molecular formula is C48H48N2. The zero-order chi connectivity index (χ0) is 34.5. The monoisotopic (exact) mass is 652 g/mol. The molecule has 2 atom stereocenters. The van der Waals surface area contributed by atoms with Gasteiger partial charge in [-0.1, -0.05) is 136 Å². The zero-order valence-corrected chi connectivity index (χ0v) is 29.8. The molecule has 0 aliphatic rings. The van der Waals surface area contributed by atoms with Gasteiger partial charge in [-0.3, -0.25) is 0 Å². The molecule has 0 aliphatic heterocycles. The van der Waals surface area contributed by atoms with Crippen LogP contribution in [0.3, 0.4) is 0 Å². The zero-order valence-electron chi connectivity index (χ0n) is 29.8. The molecule has 2 nitrogen and oxygen atoms in total. The maximum Gasteiger partial charge on any atom is 0.0541 e. The Bertz CT molecular complexity index is 2190. The van der Waals surface area contributed by atoms with Crippen molar-refractivity contribution in [2.24, 2.45) is 0 Å². The number of allylic oxidation sites excluding steroid dienone is 1. The molecule has 0 fully saturated rings. The Morgan fingerprint density at radius 2 is 1.24 bits per heavy atom. The molecule has 0 radical (unpaired) electrons. The molecule has 250 valence electrons. The van der Waals surface area contributed by atoms with Gasteiger partial charge in [0, 0.05) is 34.1 Å². The summed E-state index contributed by atoms with van der Waals surface area (Å²) in [5, 5.41) is 6.55. The molecule has 1 N–H and O–H groups in total. The van der Waals surface area contributed by atoms with E-state index < -0.39 is 0 Å². The van der Waals surface area contributed by atoms with E-state index in [1.165, 1.54) is 55.3 Å². The van der Waals surface area contributed by atoms with E-state index in [1.54, 1.807) is 0 Å². The molecule has 7 rings (SSSR count). The highest BCUT2D eigenvalue weighted by atomic mass is 15.0. The fraction of sp³-hybridized carbons (Fsp3) is 0.208. The van der Waals surface area contributed by atoms with Gasteiger partial charge >= 0.3 is 0 Å². The summed E-state index contributed by atoms with van der Waals surface area (Å²) in [4.78, 5) is 0. The Balaban J connectivity index is 1.21. The Hall–Kier alpha value is -5.34. The lowest BCUT2D eigenvalue weighted by atomic mass is 9.84. The number of hydrogen-bond acceptors (Lipinski definition) is 1. The van der Waals surface area contributed by atoms with Gasteiger partial charge in [0.1, 0.15) is 0 Å². The molecule has 0 saturated heterocycles. The van der Waals surface area contributed by atoms with Crippen LogP contribution in [0.1, 0.15) is 63.1 Å². The smallest absolute Gasteiger partial charge is 0.0541 e. The highest BCUT2D eigenvalue weighted by Crippen LogP contribution is 2.38. The van der Waals surface area contributed by atoms with E-state index in [4.69, 9.17) is 0 Å². The number of hydrogen-bond donors (Lipinski definition) is 1. The minimum absolute atomic E-state index is 0.0711. The second-order valence-corrected chi connectivity index (χ2v) is 14.6. The van der Waals surface area contributed by atoms with E-state index in [1.807, 2.05) is 0 Å². The molecule has 0 saturated carbocycles. The van der Waals surface area contributed by atoms with Crippen molar-refractivity contribution in [3.8, 4) is 16.8 Å². The van der Waals surface area contributed by atoms with Crippen LogP contribution in [0.5, 0.6) is 0 Å². The standard InChI is InChI=1S/C48H48N2/c1-5-6-22-45(42(37-18-12-8-13-19-37)30-23-35-16-10-7-11-17-35)49-40-28-24-36(25-29-40)38-26-31-46-43(33-38)44-34-39(48(2,3)4)27-32-47(44)50(46)41-20-14-9-15-21-41/h5-21,24-29,31-34,42,45,49H,22-23,30H2,1-4H3/b6-5-. The topological polar surface area (TPSA) is 17.0 Å². The fourth-order valence-corrected chi connectivity index (χ4v) is 7.37. The van der Waals surface area contributed by atoms with Gasteiger partial charge < -0.3 is 9.88 Å². The Kier molecular flexibility index (Phi) is 9.72. The Morgan fingerprint density at radius 1 is 0.640 bits per heavy atom. The average Bonchev–Trinajstić information content (AvgIpc) is 3.48. The average molecular weight is 653 g/mol. The number of aromatic nitrogens is 1. The number of fused-ring (bicyclic) bond motifs is 3. The molecule has 2 heteroatoms. The first-order valence-electron chi connectivity index (χ1n) is 18.1. The van der Waals surface area contributed by atoms with Crippen molar-refractivity contribution < 1.29 is 0 Å². The summed E-state index contributed by atoms with van der Waals surface area (Å²) in [6.45, 7) is 8.99. The van der Waals surface area contributed by atoms with Crippen molar-refractivity contribution in [1.29, 1.82) is 0 Å². The predicted octanol–water partition coefficient (Wildman–Crippen LogP) is 12.9. The van der Waals surface area contributed by atoms with Gasteiger partial charge in [-0.05, 0) is 108 Å². The minimum atomic E-state index is 0.0711. The Labute approximate surface area is 298 Å². The van der Waals surface area contributed by atoms with Gasteiger partial charge in [0.15, 0.2) is 0 Å². The molecular weight excluding hydrogens is 605 g/mol. The summed E-state index contributed by atoms with van der Waals surface area (Å²) >= 11 is 0. The number of aryl methyl sites for hydroxylation is 1. The molecule has 6 aromatic carbocycles. The normalized spacial score (nSPS) is 13.2. The second kappa shape index (κ2) is 14.6. The summed E-state index contributed by atoms with van der Waals surface area (Å²) < 4.78 is 2.40. The molecule has 1 heterocycles. The summed E-state index contributed by atoms with van der Waals surface area (Å²) in [6.07, 6.45) is 7.57. The fourth-order valence-electron chi connectivity index (χ4n) is 7.37. The van der Waals surface area contributed by atoms with Crippen LogP contribution in [0.4, 0.5) is 5.69 Å². The van der Waals surface area contributed by atoms with Crippen molar-refractivity contribution in [1.82, 2.24) is 4.57 Å². The number of benzene rings is 6. The third-order valence-corrected chi connectivity index (χ3v) is 10.1. The van der Waals surface area contributed by atoms with Gasteiger partial charge in [-0.15, -0.1) is 0 Å². The second-order valence-electron chi connectivity index (χ2n) is 14.6. The van der Waals surface area contributed by atoms with E-state index in [9.17, 15) is 0 Å². The van der Waals surface area contributed by atoms with Crippen LogP contribution in [0.15, 0.2) is 164 Å². The summed E-state index contributed by atoms with van der Waals surface area (Å²) in [5.41, 5.74) is 11.5. The van der Waals surface area contributed by atoms with Crippen molar-refractivity contribution in [2.45, 2.75) is 64.3 Å². The number of para-hydroxylation sites is 1. The minimum Gasteiger partial charge on any atom is -0.381 e. The van der Waals surface area contributed by atoms with E-state index in [2.05, 4.69) is 201 Å². The maximum absolute atomic E-state index is 3.97. The number of rotatable bonds is 11. The van der Waals surface area contributed by atoms with Crippen LogP contribution in [0, 0.1) is 0 Å². The van der Waals surface area contributed by atoms with Crippen molar-refractivity contribution in [3.63, 3.8) is 0 Å². The van der Waals surface area contributed by atoms with Crippen LogP contribution in [0.2, 0.25) is 0 Å². The third kappa shape index (κ3) is 7.16. The first-order chi connectivity index (χ1) is 24.4. The summed E-state index contributed by atoms with van der Waals surface area (Å²) in [7, 11) is 0. The predicted molar refractivity (Wildman–Crippen MR) is 216 cm³/mol. The van der Waals surface area contributed by atoms with Gasteiger partial charge in [-0.25, -0.2) is 0 Å². The lowest BCUT2D eigenvalue weighted by Crippen LogP contribution is -2.28. The number of nitrogens with one attached hydrogen (secondary N) is 1. The van der Waals surface area contributed by atoms with E-state index in [-0.39, 0.29) is 11.5 Å². The van der Waals surface area contributed by atoms with Crippen LogP contribution >= 0.6 is 0 Å². The Morgan fingerprint density at radius 3 is 1.90 bits per heavy atom. The largest absolute Gasteiger partial charge is 0.381 e. The van der Waals surface area contributed by atoms with E-state index >= 15 is 0 Å². The molecule has 1 aromatic heterocycles. The van der Waals surface area contributed by atoms with Gasteiger partial charge in [0.05, 0.1) is 11.0 Å². The quantitative estimate of drug-likeness (QED) is 0.138. The lowest BCUT2D eigenvalue weighted by Gasteiger charge is -2.29. The van der Waals surface area contributed by atoms with Gasteiger partial charge in [0.2, 0.25) is 0 Å². The van der Waals surface area contributed by atoms with Crippen LogP contribution in [0.25, 0.3) is 38.6 Å². The van der Waals surface area contributed by atoms with Crippen molar-refractivity contribution in [2.75, 3.05) is 5.32 Å². The highest BCUT2D eigenvalue weighted by molar-refractivity contribution is 6.10. The van der Waals surface area contributed by atoms with Crippen molar-refractivity contribution in [3.05, 3.63) is 181 Å². The number of nitrogens with zero attached hydrogens (tertiary/aromatic N) is 1. The van der Waals surface area contributed by atoms with Crippen LogP contribution in [-0.4, -0.2) is 10.6 Å². The molecule has 7 aromatic rings. The van der Waals surface area contributed by atoms with Crippen LogP contribution in [-0.2, 0) is 11.8 Å². The summed E-state index contributed by atoms with van der Waals surface area (Å²) in [6, 6.07) is 55.9.